The molecule has 1 N–H and O–H groups in total. The zero-order valence-electron chi connectivity index (χ0n) is 16.0. The second-order valence-corrected chi connectivity index (χ2v) is 7.13. The van der Waals surface area contributed by atoms with E-state index in [2.05, 4.69) is 5.10 Å². The Morgan fingerprint density at radius 2 is 1.93 bits per heavy atom. The lowest BCUT2D eigenvalue weighted by molar-refractivity contribution is -0.145. The average molecular weight is 384 g/mol. The van der Waals surface area contributed by atoms with Gasteiger partial charge in [-0.3, -0.25) is 14.4 Å². The van der Waals surface area contributed by atoms with E-state index in [1.165, 1.54) is 9.80 Å². The van der Waals surface area contributed by atoms with E-state index in [-0.39, 0.29) is 24.9 Å². The number of rotatable bonds is 5. The molecule has 1 aromatic heterocycles. The molecule has 1 aromatic carbocycles. The van der Waals surface area contributed by atoms with E-state index < -0.39 is 11.9 Å². The zero-order chi connectivity index (χ0) is 20.3. The molecular weight excluding hydrogens is 360 g/mol. The van der Waals surface area contributed by atoms with Gasteiger partial charge in [-0.25, -0.2) is 4.68 Å². The summed E-state index contributed by atoms with van der Waals surface area (Å²) in [6.07, 6.45) is 3.09. The van der Waals surface area contributed by atoms with Crippen LogP contribution < -0.4 is 0 Å². The normalized spacial score (nSPS) is 16.6. The first-order valence-corrected chi connectivity index (χ1v) is 9.24. The molecule has 2 amide bonds. The number of nitrogens with zero attached hydrogens (tertiary/aromatic N) is 4. The van der Waals surface area contributed by atoms with Crippen molar-refractivity contribution in [3.8, 4) is 5.69 Å². The molecule has 3 rings (SSSR count). The van der Waals surface area contributed by atoms with Crippen molar-refractivity contribution < 1.29 is 19.5 Å². The Bertz CT molecular complexity index is 875. The summed E-state index contributed by atoms with van der Waals surface area (Å²) in [5.74, 6) is -1.90. The van der Waals surface area contributed by atoms with Crippen molar-refractivity contribution in [3.63, 3.8) is 0 Å². The molecule has 2 heterocycles. The fraction of sp³-hybridized carbons (Fsp3) is 0.400. The summed E-state index contributed by atoms with van der Waals surface area (Å²) in [6, 6.07) is 8.91. The Hall–Kier alpha value is -3.16. The Morgan fingerprint density at radius 1 is 1.21 bits per heavy atom. The summed E-state index contributed by atoms with van der Waals surface area (Å²) < 4.78 is 1.73. The quantitative estimate of drug-likeness (QED) is 0.844. The smallest absolute Gasteiger partial charge is 0.308 e. The third-order valence-electron chi connectivity index (χ3n) is 4.94. The summed E-state index contributed by atoms with van der Waals surface area (Å²) in [4.78, 5) is 39.2. The van der Waals surface area contributed by atoms with Crippen LogP contribution in [0, 0.1) is 12.8 Å². The molecular formula is C20H24N4O4. The summed E-state index contributed by atoms with van der Waals surface area (Å²) in [7, 11) is 1.57. The molecule has 8 nitrogen and oxygen atoms in total. The minimum absolute atomic E-state index is 0.0781. The number of benzene rings is 1. The molecule has 1 atom stereocenters. The van der Waals surface area contributed by atoms with Gasteiger partial charge in [0.15, 0.2) is 0 Å². The molecule has 0 saturated carbocycles. The molecule has 0 bridgehead atoms. The number of aryl methyl sites for hydroxylation is 1. The maximum atomic E-state index is 12.6. The minimum atomic E-state index is -0.880. The lowest BCUT2D eigenvalue weighted by atomic mass is 9.98. The third kappa shape index (κ3) is 4.39. The van der Waals surface area contributed by atoms with Crippen LogP contribution in [0.25, 0.3) is 5.69 Å². The minimum Gasteiger partial charge on any atom is -0.481 e. The van der Waals surface area contributed by atoms with Crippen molar-refractivity contribution in [2.45, 2.75) is 19.8 Å². The number of hydrogen-bond acceptors (Lipinski definition) is 4. The molecule has 2 aromatic rings. The average Bonchev–Trinajstić information content (AvgIpc) is 3.13. The van der Waals surface area contributed by atoms with Gasteiger partial charge in [0.1, 0.15) is 0 Å². The highest BCUT2D eigenvalue weighted by molar-refractivity contribution is 5.96. The molecule has 1 aliphatic rings. The fourth-order valence-corrected chi connectivity index (χ4v) is 3.32. The lowest BCUT2D eigenvalue weighted by Crippen LogP contribution is -2.46. The third-order valence-corrected chi connectivity index (χ3v) is 4.94. The summed E-state index contributed by atoms with van der Waals surface area (Å²) in [6.45, 7) is 2.56. The summed E-state index contributed by atoms with van der Waals surface area (Å²) >= 11 is 0. The molecule has 148 valence electrons. The highest BCUT2D eigenvalue weighted by Gasteiger charge is 2.29. The number of carbonyl (C=O) groups is 3. The fourth-order valence-electron chi connectivity index (χ4n) is 3.32. The van der Waals surface area contributed by atoms with Crippen LogP contribution in [0.2, 0.25) is 0 Å². The maximum Gasteiger partial charge on any atom is 0.308 e. The van der Waals surface area contributed by atoms with Crippen molar-refractivity contribution in [1.29, 1.82) is 0 Å². The standard InChI is InChI=1S/C20H24N4O4/c1-14-9-11-24(21-14)17-7-5-15(6-8-17)19(26)22(2)13-18(25)23-10-3-4-16(12-23)20(27)28/h5-9,11,16H,3-4,10,12-13H2,1-2H3,(H,27,28). The van der Waals surface area contributed by atoms with Gasteiger partial charge in [0.05, 0.1) is 23.8 Å². The predicted octanol–water partition coefficient (Wildman–Crippen LogP) is 1.58. The van der Waals surface area contributed by atoms with Gasteiger partial charge in [0.2, 0.25) is 5.91 Å². The molecule has 1 saturated heterocycles. The van der Waals surface area contributed by atoms with Crippen molar-refractivity contribution >= 4 is 17.8 Å². The highest BCUT2D eigenvalue weighted by atomic mass is 16.4. The van der Waals surface area contributed by atoms with E-state index >= 15 is 0 Å². The van der Waals surface area contributed by atoms with Crippen LogP contribution >= 0.6 is 0 Å². The Labute approximate surface area is 163 Å². The van der Waals surface area contributed by atoms with E-state index in [1.807, 2.05) is 19.2 Å². The molecule has 28 heavy (non-hydrogen) atoms. The predicted molar refractivity (Wildman–Crippen MR) is 102 cm³/mol. The molecule has 8 heteroatoms. The van der Waals surface area contributed by atoms with Crippen molar-refractivity contribution in [1.82, 2.24) is 19.6 Å². The molecule has 0 spiro atoms. The van der Waals surface area contributed by atoms with Crippen LogP contribution in [0.5, 0.6) is 0 Å². The zero-order valence-corrected chi connectivity index (χ0v) is 16.0. The monoisotopic (exact) mass is 384 g/mol. The second kappa shape index (κ2) is 8.24. The van der Waals surface area contributed by atoms with Gasteiger partial charge in [-0.05, 0) is 50.1 Å². The first-order valence-electron chi connectivity index (χ1n) is 9.24. The number of likely N-dealkylation sites (N-methyl/N-ethyl adjacent to an activating group) is 1. The first kappa shape index (κ1) is 19.6. The first-order chi connectivity index (χ1) is 13.3. The van der Waals surface area contributed by atoms with Gasteiger partial charge in [-0.15, -0.1) is 0 Å². The number of amides is 2. The number of carbonyl (C=O) groups excluding carboxylic acids is 2. The van der Waals surface area contributed by atoms with E-state index in [0.29, 0.717) is 24.9 Å². The summed E-state index contributed by atoms with van der Waals surface area (Å²) in [5, 5.41) is 13.5. The van der Waals surface area contributed by atoms with Crippen LogP contribution in [0.3, 0.4) is 0 Å². The summed E-state index contributed by atoms with van der Waals surface area (Å²) in [5.41, 5.74) is 2.22. The number of likely N-dealkylation sites (tertiary alicyclic amines) is 1. The van der Waals surface area contributed by atoms with Crippen LogP contribution in [-0.4, -0.2) is 69.2 Å². The lowest BCUT2D eigenvalue weighted by Gasteiger charge is -2.32. The molecule has 0 aliphatic carbocycles. The van der Waals surface area contributed by atoms with E-state index in [1.54, 1.807) is 36.0 Å². The van der Waals surface area contributed by atoms with Crippen molar-refractivity contribution in [2.75, 3.05) is 26.7 Å². The van der Waals surface area contributed by atoms with Crippen molar-refractivity contribution in [3.05, 3.63) is 47.8 Å². The SMILES string of the molecule is Cc1ccn(-c2ccc(C(=O)N(C)CC(=O)N3CCCC(C(=O)O)C3)cc2)n1. The van der Waals surface area contributed by atoms with Gasteiger partial charge in [-0.1, -0.05) is 0 Å². The van der Waals surface area contributed by atoms with Crippen molar-refractivity contribution in [2.24, 2.45) is 5.92 Å². The number of hydrogen-bond donors (Lipinski definition) is 1. The second-order valence-electron chi connectivity index (χ2n) is 7.13. The Kier molecular flexibility index (Phi) is 5.77. The van der Waals surface area contributed by atoms with Gasteiger partial charge >= 0.3 is 5.97 Å². The number of piperidine rings is 1. The largest absolute Gasteiger partial charge is 0.481 e. The van der Waals surface area contributed by atoms with Gasteiger partial charge in [0.25, 0.3) is 5.91 Å². The molecule has 1 fully saturated rings. The molecule has 1 unspecified atom stereocenters. The van der Waals surface area contributed by atoms with E-state index in [9.17, 15) is 14.4 Å². The van der Waals surface area contributed by atoms with Gasteiger partial charge in [-0.2, -0.15) is 5.10 Å². The number of carboxylic acids is 1. The van der Waals surface area contributed by atoms with Gasteiger partial charge in [0, 0.05) is 31.9 Å². The topological polar surface area (TPSA) is 95.7 Å². The Balaban J connectivity index is 1.61. The van der Waals surface area contributed by atoms with Crippen LogP contribution in [-0.2, 0) is 9.59 Å². The molecule has 0 radical (unpaired) electrons. The van der Waals surface area contributed by atoms with E-state index in [4.69, 9.17) is 5.11 Å². The van der Waals surface area contributed by atoms with Crippen LogP contribution in [0.4, 0.5) is 0 Å². The number of aromatic nitrogens is 2. The maximum absolute atomic E-state index is 12.6. The van der Waals surface area contributed by atoms with Gasteiger partial charge < -0.3 is 14.9 Å². The van der Waals surface area contributed by atoms with Crippen LogP contribution in [0.1, 0.15) is 28.9 Å². The van der Waals surface area contributed by atoms with E-state index in [0.717, 1.165) is 11.4 Å². The Morgan fingerprint density at radius 3 is 2.54 bits per heavy atom. The highest BCUT2D eigenvalue weighted by Crippen LogP contribution is 2.17. The van der Waals surface area contributed by atoms with Crippen LogP contribution in [0.15, 0.2) is 36.5 Å². The number of aliphatic carboxylic acids is 1. The number of carboxylic acid groups (broad SMARTS) is 1. The molecule has 1 aliphatic heterocycles.